The maximum absolute atomic E-state index is 10.6. The second-order valence-electron chi connectivity index (χ2n) is 5.68. The van der Waals surface area contributed by atoms with Crippen LogP contribution in [0.4, 0.5) is 24.9 Å². The zero-order valence-electron chi connectivity index (χ0n) is 14.6. The normalized spacial score (nSPS) is 11.4. The van der Waals surface area contributed by atoms with Gasteiger partial charge < -0.3 is 25.8 Å². The van der Waals surface area contributed by atoms with Crippen molar-refractivity contribution in [3.05, 3.63) is 21.9 Å². The first-order valence-corrected chi connectivity index (χ1v) is 8.99. The summed E-state index contributed by atoms with van der Waals surface area (Å²) >= 11 is 2.31. The van der Waals surface area contributed by atoms with Gasteiger partial charge in [-0.25, -0.2) is 9.78 Å². The van der Waals surface area contributed by atoms with E-state index in [0.717, 1.165) is 31.2 Å². The minimum absolute atomic E-state index is 0.143. The van der Waals surface area contributed by atoms with Gasteiger partial charge in [0.1, 0.15) is 5.82 Å². The van der Waals surface area contributed by atoms with Crippen molar-refractivity contribution < 1.29 is 28.2 Å². The van der Waals surface area contributed by atoms with Crippen LogP contribution < -0.4 is 11.1 Å². The molecule has 0 bridgehead atoms. The maximum Gasteiger partial charge on any atom is 0.490 e. The summed E-state index contributed by atoms with van der Waals surface area (Å²) in [6, 6.07) is 4.09. The monoisotopic (exact) mass is 511 g/mol. The Balaban J connectivity index is 0.000000345. The number of anilines is 2. The van der Waals surface area contributed by atoms with Crippen molar-refractivity contribution in [3.63, 3.8) is 0 Å². The van der Waals surface area contributed by atoms with Crippen LogP contribution in [-0.2, 0) is 11.8 Å². The van der Waals surface area contributed by atoms with Crippen LogP contribution in [0.1, 0.15) is 6.42 Å². The van der Waals surface area contributed by atoms with Crippen molar-refractivity contribution in [3.8, 4) is 0 Å². The number of carbonyl (C=O) groups is 1. The molecule has 0 saturated heterocycles. The number of aromatic nitrogens is 3. The van der Waals surface area contributed by atoms with Gasteiger partial charge in [-0.2, -0.15) is 18.2 Å². The van der Waals surface area contributed by atoms with Crippen LogP contribution in [0.25, 0.3) is 21.8 Å². The van der Waals surface area contributed by atoms with Crippen LogP contribution in [0.3, 0.4) is 0 Å². The predicted octanol–water partition coefficient (Wildman–Crippen LogP) is 2.74. The fourth-order valence-electron chi connectivity index (χ4n) is 2.50. The number of nitrogens with one attached hydrogen (secondary N) is 1. The number of carboxylic acids is 1. The first kappa shape index (κ1) is 21.9. The third-order valence-electron chi connectivity index (χ3n) is 3.66. The molecule has 0 aliphatic carbocycles. The number of halogens is 4. The molecule has 152 valence electrons. The summed E-state index contributed by atoms with van der Waals surface area (Å²) in [5.74, 6) is -1.79. The van der Waals surface area contributed by atoms with Crippen LogP contribution in [0.2, 0.25) is 0 Å². The van der Waals surface area contributed by atoms with Crippen molar-refractivity contribution in [2.45, 2.75) is 12.6 Å². The summed E-state index contributed by atoms with van der Waals surface area (Å²) in [6.07, 6.45) is -2.40. The number of alkyl halides is 3. The van der Waals surface area contributed by atoms with Gasteiger partial charge in [0.15, 0.2) is 0 Å². The van der Waals surface area contributed by atoms with Gasteiger partial charge in [0, 0.05) is 35.4 Å². The predicted molar refractivity (Wildman–Crippen MR) is 107 cm³/mol. The average Bonchev–Trinajstić information content (AvgIpc) is 2.96. The molecule has 0 atom stereocenters. The first-order valence-electron chi connectivity index (χ1n) is 7.91. The van der Waals surface area contributed by atoms with E-state index in [4.69, 9.17) is 20.7 Å². The number of nitrogens with two attached hydrogens (primary N) is 1. The standard InChI is InChI=1S/C14H16IN5O.C2HF3O2/c1-20-5-3-8-11-10(7-9(15)12(8)20)18-14(16)19-13(11)17-4-2-6-21;3-2(4,5)1(6)7/h3,5,7,21H,2,4,6H2,1H3,(H3,16,17,18,19);(H,6,7). The lowest BCUT2D eigenvalue weighted by Crippen LogP contribution is -2.21. The Hall–Kier alpha value is -2.35. The van der Waals surface area contributed by atoms with Crippen LogP contribution >= 0.6 is 22.6 Å². The number of carboxylic acid groups (broad SMARTS) is 1. The third kappa shape index (κ3) is 4.92. The average molecular weight is 511 g/mol. The fourth-order valence-corrected chi connectivity index (χ4v) is 3.46. The number of hydrogen-bond donors (Lipinski definition) is 4. The zero-order chi connectivity index (χ0) is 21.1. The molecular weight excluding hydrogens is 494 g/mol. The smallest absolute Gasteiger partial charge is 0.475 e. The third-order valence-corrected chi connectivity index (χ3v) is 4.48. The van der Waals surface area contributed by atoms with E-state index in [1.54, 1.807) is 0 Å². The minimum Gasteiger partial charge on any atom is -0.475 e. The number of benzene rings is 1. The number of hydrogen-bond acceptors (Lipinski definition) is 6. The van der Waals surface area contributed by atoms with Gasteiger partial charge in [0.2, 0.25) is 5.95 Å². The highest BCUT2D eigenvalue weighted by molar-refractivity contribution is 14.1. The topological polar surface area (TPSA) is 126 Å². The number of aliphatic hydroxyl groups excluding tert-OH is 1. The van der Waals surface area contributed by atoms with E-state index in [0.29, 0.717) is 13.0 Å². The second kappa shape index (κ2) is 8.77. The van der Waals surface area contributed by atoms with Gasteiger partial charge in [-0.05, 0) is 41.1 Å². The van der Waals surface area contributed by atoms with Gasteiger partial charge in [-0.3, -0.25) is 0 Å². The van der Waals surface area contributed by atoms with E-state index in [1.807, 2.05) is 19.3 Å². The molecule has 8 nitrogen and oxygen atoms in total. The molecule has 2 heterocycles. The molecule has 12 heteroatoms. The van der Waals surface area contributed by atoms with E-state index in [1.165, 1.54) is 0 Å². The van der Waals surface area contributed by atoms with Crippen molar-refractivity contribution in [1.29, 1.82) is 0 Å². The summed E-state index contributed by atoms with van der Waals surface area (Å²) in [7, 11) is 2.02. The van der Waals surface area contributed by atoms with Crippen LogP contribution in [0, 0.1) is 3.57 Å². The van der Waals surface area contributed by atoms with Crippen molar-refractivity contribution in [2.75, 3.05) is 24.2 Å². The van der Waals surface area contributed by atoms with E-state index < -0.39 is 12.1 Å². The summed E-state index contributed by atoms with van der Waals surface area (Å²) in [4.78, 5) is 17.6. The summed E-state index contributed by atoms with van der Waals surface area (Å²) < 4.78 is 35.0. The lowest BCUT2D eigenvalue weighted by atomic mass is 10.1. The van der Waals surface area contributed by atoms with Gasteiger partial charge in [-0.15, -0.1) is 0 Å². The lowest BCUT2D eigenvalue weighted by molar-refractivity contribution is -0.192. The van der Waals surface area contributed by atoms with Gasteiger partial charge in [0.05, 0.1) is 16.4 Å². The molecule has 5 N–H and O–H groups in total. The molecule has 0 radical (unpaired) electrons. The molecule has 0 spiro atoms. The van der Waals surface area contributed by atoms with Crippen LogP contribution in [0.5, 0.6) is 0 Å². The molecular formula is C16H17F3IN5O3. The number of rotatable bonds is 4. The molecule has 0 saturated carbocycles. The Bertz CT molecular complexity index is 1010. The summed E-state index contributed by atoms with van der Waals surface area (Å²) in [5.41, 5.74) is 7.79. The van der Waals surface area contributed by atoms with Crippen LogP contribution in [-0.4, -0.2) is 50.0 Å². The van der Waals surface area contributed by atoms with Crippen molar-refractivity contribution in [1.82, 2.24) is 14.5 Å². The molecule has 0 aliphatic rings. The van der Waals surface area contributed by atoms with Gasteiger partial charge >= 0.3 is 12.1 Å². The molecule has 2 aromatic heterocycles. The number of aliphatic hydroxyl groups is 1. The number of fused-ring (bicyclic) bond motifs is 3. The molecule has 1 aromatic carbocycles. The van der Waals surface area contributed by atoms with Crippen LogP contribution in [0.15, 0.2) is 18.3 Å². The molecule has 0 amide bonds. The minimum atomic E-state index is -5.08. The Labute approximate surface area is 170 Å². The summed E-state index contributed by atoms with van der Waals surface area (Å²) in [6.45, 7) is 0.784. The Morgan fingerprint density at radius 2 is 2.04 bits per heavy atom. The fraction of sp³-hybridized carbons (Fsp3) is 0.312. The molecule has 28 heavy (non-hydrogen) atoms. The quantitative estimate of drug-likeness (QED) is 0.314. The van der Waals surface area contributed by atoms with E-state index in [2.05, 4.69) is 48.5 Å². The first-order chi connectivity index (χ1) is 13.1. The Kier molecular flexibility index (Phi) is 6.87. The highest BCUT2D eigenvalue weighted by Crippen LogP contribution is 2.33. The summed E-state index contributed by atoms with van der Waals surface area (Å²) in [5, 5.41) is 21.4. The van der Waals surface area contributed by atoms with Crippen molar-refractivity contribution >= 4 is 62.1 Å². The van der Waals surface area contributed by atoms with E-state index in [-0.39, 0.29) is 12.6 Å². The second-order valence-corrected chi connectivity index (χ2v) is 6.84. The van der Waals surface area contributed by atoms with E-state index in [9.17, 15) is 13.2 Å². The maximum atomic E-state index is 10.6. The number of aliphatic carboxylic acids is 1. The molecule has 0 unspecified atom stereocenters. The zero-order valence-corrected chi connectivity index (χ0v) is 16.7. The highest BCUT2D eigenvalue weighted by Gasteiger charge is 2.38. The SMILES string of the molecule is Cn1ccc2c3c(NCCCO)nc(N)nc3cc(I)c21.O=C(O)C(F)(F)F. The number of nitrogens with zero attached hydrogens (tertiary/aromatic N) is 3. The van der Waals surface area contributed by atoms with E-state index >= 15 is 0 Å². The molecule has 3 rings (SSSR count). The lowest BCUT2D eigenvalue weighted by Gasteiger charge is -2.11. The largest absolute Gasteiger partial charge is 0.490 e. The molecule has 0 fully saturated rings. The Morgan fingerprint density at radius 1 is 1.39 bits per heavy atom. The van der Waals surface area contributed by atoms with Gasteiger partial charge in [0.25, 0.3) is 0 Å². The Morgan fingerprint density at radius 3 is 2.61 bits per heavy atom. The highest BCUT2D eigenvalue weighted by atomic mass is 127. The molecule has 3 aromatic rings. The number of nitrogen functional groups attached to an aromatic ring is 1. The number of aryl methyl sites for hydroxylation is 1. The van der Waals surface area contributed by atoms with Crippen molar-refractivity contribution in [2.24, 2.45) is 7.05 Å². The molecule has 0 aliphatic heterocycles. The van der Waals surface area contributed by atoms with Gasteiger partial charge in [-0.1, -0.05) is 0 Å².